The van der Waals surface area contributed by atoms with Crippen molar-refractivity contribution in [3.05, 3.63) is 101 Å². The number of halogens is 4. The van der Waals surface area contributed by atoms with Crippen molar-refractivity contribution < 1.29 is 27.0 Å². The third-order valence-electron chi connectivity index (χ3n) is 7.87. The largest absolute Gasteiger partial charge is 0.486 e. The predicted octanol–water partition coefficient (Wildman–Crippen LogP) is 7.24. The lowest BCUT2D eigenvalue weighted by atomic mass is 10.1. The number of hydrogen-bond donors (Lipinski definition) is 0. The Morgan fingerprint density at radius 1 is 0.818 bits per heavy atom. The molecule has 0 unspecified atom stereocenters. The van der Waals surface area contributed by atoms with Gasteiger partial charge in [-0.3, -0.25) is 0 Å². The predicted molar refractivity (Wildman–Crippen MR) is 160 cm³/mol. The van der Waals surface area contributed by atoms with E-state index in [2.05, 4.69) is 21.8 Å². The molecule has 2 aromatic heterocycles. The number of hydrogen-bond acceptors (Lipinski definition) is 7. The van der Waals surface area contributed by atoms with E-state index in [1.165, 1.54) is 62.3 Å². The van der Waals surface area contributed by atoms with Crippen molar-refractivity contribution in [3.8, 4) is 11.6 Å². The van der Waals surface area contributed by atoms with Crippen LogP contribution in [0.5, 0.6) is 11.6 Å². The molecule has 1 aliphatic rings. The highest BCUT2D eigenvalue weighted by molar-refractivity contribution is 5.54. The molecule has 0 amide bonds. The zero-order valence-electron chi connectivity index (χ0n) is 24.8. The molecule has 0 aliphatic heterocycles. The minimum absolute atomic E-state index is 0.0481. The van der Waals surface area contributed by atoms with Gasteiger partial charge >= 0.3 is 0 Å². The SMILES string of the molecule is CCN(CC1CCCC1)c1ccc(OC)nc1CN(Cc1cccc(F)c1F)c1ncc(OCc2cccc(F)c2F)cn1. The number of rotatable bonds is 13. The number of pyridine rings is 1. The molecule has 4 aromatic rings. The molecule has 2 heterocycles. The van der Waals surface area contributed by atoms with Crippen molar-refractivity contribution in [1.82, 2.24) is 15.0 Å². The fourth-order valence-electron chi connectivity index (χ4n) is 5.52. The van der Waals surface area contributed by atoms with E-state index >= 15 is 0 Å². The Labute approximate surface area is 254 Å². The Hall–Kier alpha value is -4.41. The second-order valence-corrected chi connectivity index (χ2v) is 10.8. The van der Waals surface area contributed by atoms with Gasteiger partial charge in [0.25, 0.3) is 0 Å². The second-order valence-electron chi connectivity index (χ2n) is 10.8. The average molecular weight is 610 g/mol. The van der Waals surface area contributed by atoms with Gasteiger partial charge < -0.3 is 19.3 Å². The van der Waals surface area contributed by atoms with Crippen LogP contribution in [0.4, 0.5) is 29.2 Å². The lowest BCUT2D eigenvalue weighted by molar-refractivity contribution is 0.294. The highest BCUT2D eigenvalue weighted by atomic mass is 19.2. The van der Waals surface area contributed by atoms with Crippen molar-refractivity contribution in [3.63, 3.8) is 0 Å². The van der Waals surface area contributed by atoms with E-state index < -0.39 is 23.3 Å². The van der Waals surface area contributed by atoms with Crippen LogP contribution in [0.3, 0.4) is 0 Å². The monoisotopic (exact) mass is 609 g/mol. The van der Waals surface area contributed by atoms with Crippen LogP contribution in [0.2, 0.25) is 0 Å². The lowest BCUT2D eigenvalue weighted by Crippen LogP contribution is -2.31. The topological polar surface area (TPSA) is 63.6 Å². The molecular weight excluding hydrogens is 574 g/mol. The van der Waals surface area contributed by atoms with Crippen LogP contribution >= 0.6 is 0 Å². The second kappa shape index (κ2) is 14.4. The first-order chi connectivity index (χ1) is 21.4. The van der Waals surface area contributed by atoms with Gasteiger partial charge in [-0.15, -0.1) is 0 Å². The molecule has 232 valence electrons. The number of benzene rings is 2. The third-order valence-corrected chi connectivity index (χ3v) is 7.87. The summed E-state index contributed by atoms with van der Waals surface area (Å²) in [6, 6.07) is 11.7. The molecular formula is C33H35F4N5O2. The number of ether oxygens (including phenoxy) is 2. The van der Waals surface area contributed by atoms with Gasteiger partial charge in [0.15, 0.2) is 29.0 Å². The van der Waals surface area contributed by atoms with E-state index in [0.29, 0.717) is 17.5 Å². The Bertz CT molecular complexity index is 1550. The lowest BCUT2D eigenvalue weighted by Gasteiger charge is -2.30. The van der Waals surface area contributed by atoms with E-state index in [-0.39, 0.29) is 42.5 Å². The van der Waals surface area contributed by atoms with E-state index in [1.807, 2.05) is 12.1 Å². The summed E-state index contributed by atoms with van der Waals surface area (Å²) in [5.41, 5.74) is 1.76. The van der Waals surface area contributed by atoms with Crippen LogP contribution in [0, 0.1) is 29.2 Å². The number of methoxy groups -OCH3 is 1. The average Bonchev–Trinajstić information content (AvgIpc) is 3.56. The van der Waals surface area contributed by atoms with E-state index in [1.54, 1.807) is 12.0 Å². The molecule has 1 saturated carbocycles. The fourth-order valence-corrected chi connectivity index (χ4v) is 5.52. The van der Waals surface area contributed by atoms with Gasteiger partial charge in [0.2, 0.25) is 11.8 Å². The number of anilines is 2. The number of aromatic nitrogens is 3. The van der Waals surface area contributed by atoms with Crippen molar-refractivity contribution in [2.45, 2.75) is 52.3 Å². The van der Waals surface area contributed by atoms with Gasteiger partial charge in [-0.05, 0) is 43.9 Å². The molecule has 1 aliphatic carbocycles. The van der Waals surface area contributed by atoms with Gasteiger partial charge in [-0.25, -0.2) is 32.5 Å². The number of nitrogens with zero attached hydrogens (tertiary/aromatic N) is 5. The standard InChI is InChI=1S/C33H35F4N5O2/c1-3-41(18-22-8-4-5-9-22)29-14-15-30(43-2)40-28(29)20-42(19-23-10-6-12-26(34)31(23)36)33-38-16-25(17-39-33)44-21-24-11-7-13-27(35)32(24)37/h6-7,10-17,22H,3-5,8-9,18-21H2,1-2H3. The summed E-state index contributed by atoms with van der Waals surface area (Å²) >= 11 is 0. The molecule has 44 heavy (non-hydrogen) atoms. The molecule has 11 heteroatoms. The first kappa shape index (κ1) is 31.0. The van der Waals surface area contributed by atoms with Crippen molar-refractivity contribution in [2.24, 2.45) is 5.92 Å². The van der Waals surface area contributed by atoms with Crippen LogP contribution in [0.25, 0.3) is 0 Å². The van der Waals surface area contributed by atoms with Gasteiger partial charge in [0, 0.05) is 36.8 Å². The summed E-state index contributed by atoms with van der Waals surface area (Å²) in [7, 11) is 1.54. The molecule has 0 bridgehead atoms. The summed E-state index contributed by atoms with van der Waals surface area (Å²) in [5.74, 6) is -2.39. The Balaban J connectivity index is 1.44. The van der Waals surface area contributed by atoms with Crippen LogP contribution < -0.4 is 19.3 Å². The summed E-state index contributed by atoms with van der Waals surface area (Å²) in [4.78, 5) is 17.6. The Kier molecular flexibility index (Phi) is 10.1. The Morgan fingerprint density at radius 3 is 2.14 bits per heavy atom. The normalized spacial score (nSPS) is 13.2. The molecule has 0 atom stereocenters. The molecule has 0 radical (unpaired) electrons. The van der Waals surface area contributed by atoms with E-state index in [4.69, 9.17) is 14.5 Å². The third kappa shape index (κ3) is 7.38. The van der Waals surface area contributed by atoms with Crippen LogP contribution in [-0.4, -0.2) is 35.2 Å². The smallest absolute Gasteiger partial charge is 0.226 e. The fraction of sp³-hybridized carbons (Fsp3) is 0.364. The molecule has 7 nitrogen and oxygen atoms in total. The summed E-state index contributed by atoms with van der Waals surface area (Å²) < 4.78 is 67.7. The highest BCUT2D eigenvalue weighted by Gasteiger charge is 2.23. The molecule has 2 aromatic carbocycles. The van der Waals surface area contributed by atoms with Crippen molar-refractivity contribution in [2.75, 3.05) is 30.0 Å². The maximum atomic E-state index is 14.8. The maximum Gasteiger partial charge on any atom is 0.226 e. The van der Waals surface area contributed by atoms with E-state index in [0.717, 1.165) is 30.9 Å². The maximum absolute atomic E-state index is 14.8. The van der Waals surface area contributed by atoms with Gasteiger partial charge in [0.05, 0.1) is 37.4 Å². The van der Waals surface area contributed by atoms with Gasteiger partial charge in [-0.1, -0.05) is 37.1 Å². The highest BCUT2D eigenvalue weighted by Crippen LogP contribution is 2.31. The summed E-state index contributed by atoms with van der Waals surface area (Å²) in [6.07, 6.45) is 7.64. The summed E-state index contributed by atoms with van der Waals surface area (Å²) in [5, 5.41) is 0. The van der Waals surface area contributed by atoms with Gasteiger partial charge in [-0.2, -0.15) is 0 Å². The summed E-state index contributed by atoms with van der Waals surface area (Å²) in [6.45, 7) is 3.65. The Morgan fingerprint density at radius 2 is 1.48 bits per heavy atom. The molecule has 1 fully saturated rings. The van der Waals surface area contributed by atoms with Crippen LogP contribution in [0.15, 0.2) is 60.9 Å². The first-order valence-corrected chi connectivity index (χ1v) is 14.7. The van der Waals surface area contributed by atoms with Crippen LogP contribution in [-0.2, 0) is 19.7 Å². The minimum Gasteiger partial charge on any atom is -0.486 e. The quantitative estimate of drug-likeness (QED) is 0.148. The van der Waals surface area contributed by atoms with Crippen molar-refractivity contribution >= 4 is 11.6 Å². The van der Waals surface area contributed by atoms with Crippen molar-refractivity contribution in [1.29, 1.82) is 0 Å². The molecule has 0 spiro atoms. The molecule has 0 N–H and O–H groups in total. The molecule has 5 rings (SSSR count). The van der Waals surface area contributed by atoms with E-state index in [9.17, 15) is 17.6 Å². The van der Waals surface area contributed by atoms with Crippen LogP contribution in [0.1, 0.15) is 49.4 Å². The van der Waals surface area contributed by atoms with Gasteiger partial charge in [0.1, 0.15) is 6.61 Å². The molecule has 0 saturated heterocycles. The zero-order chi connectivity index (χ0) is 31.1. The minimum atomic E-state index is -0.982. The first-order valence-electron chi connectivity index (χ1n) is 14.7. The zero-order valence-corrected chi connectivity index (χ0v) is 24.8.